The van der Waals surface area contributed by atoms with E-state index in [-0.39, 0.29) is 10.8 Å². The van der Waals surface area contributed by atoms with E-state index < -0.39 is 0 Å². The summed E-state index contributed by atoms with van der Waals surface area (Å²) < 4.78 is 0. The first kappa shape index (κ1) is 17.0. The maximum Gasteiger partial charge on any atom is 0.233 e. The first-order valence-electron chi connectivity index (χ1n) is 9.34. The van der Waals surface area contributed by atoms with Crippen LogP contribution >= 0.6 is 11.6 Å². The van der Waals surface area contributed by atoms with Crippen LogP contribution < -0.4 is 4.90 Å². The molecule has 2 unspecified atom stereocenters. The zero-order chi connectivity index (χ0) is 17.8. The van der Waals surface area contributed by atoms with Crippen molar-refractivity contribution in [1.82, 2.24) is 4.90 Å². The molecule has 4 rings (SSSR count). The number of nitrogens with zero attached hydrogens (tertiary/aromatic N) is 2. The van der Waals surface area contributed by atoms with Gasteiger partial charge in [0.2, 0.25) is 5.91 Å². The average molecular weight is 359 g/mol. The van der Waals surface area contributed by atoms with Crippen LogP contribution in [0.4, 0.5) is 5.69 Å². The molecule has 1 saturated heterocycles. The lowest BCUT2D eigenvalue weighted by Gasteiger charge is -2.42. The summed E-state index contributed by atoms with van der Waals surface area (Å²) in [7, 11) is 0. The standard InChI is InChI=1S/C21H27ClN2O/c1-15-20(2,3)16-7-8-21(15,14-16)19(25)24-11-9-23(10-12-24)18-6-4-5-17(22)13-18/h4-6,13,16H,1,7-12,14H2,2-3H3. The number of benzene rings is 1. The molecule has 25 heavy (non-hydrogen) atoms. The van der Waals surface area contributed by atoms with Crippen molar-refractivity contribution in [3.05, 3.63) is 41.4 Å². The van der Waals surface area contributed by atoms with Gasteiger partial charge in [-0.25, -0.2) is 0 Å². The van der Waals surface area contributed by atoms with E-state index in [4.69, 9.17) is 11.6 Å². The van der Waals surface area contributed by atoms with E-state index in [1.165, 1.54) is 12.0 Å². The molecular weight excluding hydrogens is 332 g/mol. The number of amides is 1. The molecule has 1 heterocycles. The Balaban J connectivity index is 1.46. The molecular formula is C21H27ClN2O. The van der Waals surface area contributed by atoms with E-state index in [0.717, 1.165) is 49.7 Å². The lowest BCUT2D eigenvalue weighted by Crippen LogP contribution is -2.53. The highest BCUT2D eigenvalue weighted by molar-refractivity contribution is 6.30. The van der Waals surface area contributed by atoms with Gasteiger partial charge in [-0.2, -0.15) is 0 Å². The van der Waals surface area contributed by atoms with Gasteiger partial charge in [0, 0.05) is 36.9 Å². The van der Waals surface area contributed by atoms with Crippen LogP contribution in [0, 0.1) is 16.7 Å². The fraction of sp³-hybridized carbons (Fsp3) is 0.571. The first-order valence-corrected chi connectivity index (χ1v) is 9.72. The van der Waals surface area contributed by atoms with Gasteiger partial charge in [-0.3, -0.25) is 4.79 Å². The third-order valence-electron chi connectivity index (χ3n) is 7.04. The predicted molar refractivity (Wildman–Crippen MR) is 103 cm³/mol. The minimum Gasteiger partial charge on any atom is -0.368 e. The van der Waals surface area contributed by atoms with Crippen molar-refractivity contribution in [3.63, 3.8) is 0 Å². The average Bonchev–Trinajstić information content (AvgIpc) is 3.14. The number of rotatable bonds is 2. The number of anilines is 1. The third-order valence-corrected chi connectivity index (χ3v) is 7.28. The minimum absolute atomic E-state index is 0.108. The minimum atomic E-state index is -0.285. The van der Waals surface area contributed by atoms with Crippen molar-refractivity contribution < 1.29 is 4.79 Å². The highest BCUT2D eigenvalue weighted by Crippen LogP contribution is 2.65. The zero-order valence-corrected chi connectivity index (χ0v) is 16.0. The van der Waals surface area contributed by atoms with Crippen molar-refractivity contribution in [2.45, 2.75) is 33.1 Å². The van der Waals surface area contributed by atoms with E-state index >= 15 is 0 Å². The van der Waals surface area contributed by atoms with Crippen LogP contribution in [0.25, 0.3) is 0 Å². The molecule has 134 valence electrons. The molecule has 0 radical (unpaired) electrons. The molecule has 1 aliphatic heterocycles. The summed E-state index contributed by atoms with van der Waals surface area (Å²) in [5.74, 6) is 0.952. The molecule has 3 fully saturated rings. The van der Waals surface area contributed by atoms with Crippen molar-refractivity contribution in [3.8, 4) is 0 Å². The summed E-state index contributed by atoms with van der Waals surface area (Å²) in [5, 5.41) is 0.761. The second-order valence-corrected chi connectivity index (χ2v) is 8.92. The van der Waals surface area contributed by atoms with Gasteiger partial charge in [-0.1, -0.05) is 43.7 Å². The highest BCUT2D eigenvalue weighted by Gasteiger charge is 2.61. The van der Waals surface area contributed by atoms with Crippen LogP contribution in [0.5, 0.6) is 0 Å². The molecule has 2 aliphatic carbocycles. The lowest BCUT2D eigenvalue weighted by atomic mass is 9.68. The molecule has 0 N–H and O–H groups in total. The Morgan fingerprint density at radius 3 is 2.56 bits per heavy atom. The van der Waals surface area contributed by atoms with Crippen molar-refractivity contribution in [1.29, 1.82) is 0 Å². The Hall–Kier alpha value is -1.48. The maximum absolute atomic E-state index is 13.4. The number of fused-ring (bicyclic) bond motifs is 2. The molecule has 2 saturated carbocycles. The van der Waals surface area contributed by atoms with Crippen LogP contribution in [-0.4, -0.2) is 37.0 Å². The molecule has 1 aromatic rings. The van der Waals surface area contributed by atoms with Gasteiger partial charge in [0.1, 0.15) is 0 Å². The monoisotopic (exact) mass is 358 g/mol. The van der Waals surface area contributed by atoms with Crippen LogP contribution in [0.15, 0.2) is 36.4 Å². The summed E-state index contributed by atoms with van der Waals surface area (Å²) >= 11 is 6.11. The summed E-state index contributed by atoms with van der Waals surface area (Å²) in [6.45, 7) is 12.2. The number of carbonyl (C=O) groups excluding carboxylic acids is 1. The van der Waals surface area contributed by atoms with Crippen LogP contribution in [0.3, 0.4) is 0 Å². The summed E-state index contributed by atoms with van der Waals surface area (Å²) in [6.07, 6.45) is 3.17. The van der Waals surface area contributed by atoms with Crippen LogP contribution in [-0.2, 0) is 4.79 Å². The second-order valence-electron chi connectivity index (χ2n) is 8.48. The predicted octanol–water partition coefficient (Wildman–Crippen LogP) is 4.37. The molecule has 1 amide bonds. The smallest absolute Gasteiger partial charge is 0.233 e. The van der Waals surface area contributed by atoms with Gasteiger partial charge in [-0.05, 0) is 48.8 Å². The maximum atomic E-state index is 13.4. The van der Waals surface area contributed by atoms with Crippen LogP contribution in [0.2, 0.25) is 5.02 Å². The van der Waals surface area contributed by atoms with E-state index in [2.05, 4.69) is 36.3 Å². The molecule has 2 bridgehead atoms. The molecule has 4 heteroatoms. The Morgan fingerprint density at radius 1 is 1.24 bits per heavy atom. The molecule has 0 spiro atoms. The Bertz CT molecular complexity index is 720. The molecule has 1 aromatic carbocycles. The number of halogens is 1. The fourth-order valence-corrected chi connectivity index (χ4v) is 5.45. The van der Waals surface area contributed by atoms with Gasteiger partial charge in [0.05, 0.1) is 5.41 Å². The quantitative estimate of drug-likeness (QED) is 0.733. The number of carbonyl (C=O) groups is 1. The third kappa shape index (κ3) is 2.51. The summed E-state index contributed by atoms with van der Waals surface area (Å²) in [4.78, 5) is 17.8. The molecule has 0 aromatic heterocycles. The summed E-state index contributed by atoms with van der Waals surface area (Å²) in [5.41, 5.74) is 2.15. The van der Waals surface area contributed by atoms with Crippen molar-refractivity contribution >= 4 is 23.2 Å². The molecule has 3 aliphatic rings. The Kier molecular flexibility index (Phi) is 3.91. The molecule has 3 nitrogen and oxygen atoms in total. The van der Waals surface area contributed by atoms with Gasteiger partial charge in [0.25, 0.3) is 0 Å². The fourth-order valence-electron chi connectivity index (χ4n) is 5.27. The van der Waals surface area contributed by atoms with E-state index in [1.54, 1.807) is 0 Å². The van der Waals surface area contributed by atoms with Gasteiger partial charge in [0.15, 0.2) is 0 Å². The topological polar surface area (TPSA) is 23.6 Å². The zero-order valence-electron chi connectivity index (χ0n) is 15.2. The largest absolute Gasteiger partial charge is 0.368 e. The number of hydrogen-bond acceptors (Lipinski definition) is 2. The normalized spacial score (nSPS) is 30.8. The lowest BCUT2D eigenvalue weighted by molar-refractivity contribution is -0.140. The molecule has 2 atom stereocenters. The first-order chi connectivity index (χ1) is 11.8. The second kappa shape index (κ2) is 5.77. The van der Waals surface area contributed by atoms with E-state index in [1.807, 2.05) is 18.2 Å². The Labute approximate surface area is 155 Å². The number of hydrogen-bond donors (Lipinski definition) is 0. The van der Waals surface area contributed by atoms with Crippen molar-refractivity contribution in [2.75, 3.05) is 31.1 Å². The van der Waals surface area contributed by atoms with Gasteiger partial charge >= 0.3 is 0 Å². The van der Waals surface area contributed by atoms with E-state index in [9.17, 15) is 4.79 Å². The van der Waals surface area contributed by atoms with Gasteiger partial charge in [-0.15, -0.1) is 0 Å². The van der Waals surface area contributed by atoms with Crippen molar-refractivity contribution in [2.24, 2.45) is 16.7 Å². The SMILES string of the molecule is C=C1C2(C(=O)N3CCN(c4cccc(Cl)c4)CC3)CCC(C2)C1(C)C. The number of piperazine rings is 1. The van der Waals surface area contributed by atoms with E-state index in [0.29, 0.717) is 11.8 Å². The highest BCUT2D eigenvalue weighted by atomic mass is 35.5. The van der Waals surface area contributed by atoms with Gasteiger partial charge < -0.3 is 9.80 Å². The summed E-state index contributed by atoms with van der Waals surface area (Å²) in [6, 6.07) is 7.97. The van der Waals surface area contributed by atoms with Crippen LogP contribution in [0.1, 0.15) is 33.1 Å². The Morgan fingerprint density at radius 2 is 1.96 bits per heavy atom.